The average Bonchev–Trinajstić information content (AvgIpc) is 3.11. The Bertz CT molecular complexity index is 1140. The van der Waals surface area contributed by atoms with Crippen LogP contribution in [0.1, 0.15) is 35.5 Å². The molecule has 1 aromatic heterocycles. The van der Waals surface area contributed by atoms with Crippen molar-refractivity contribution in [1.82, 2.24) is 9.80 Å². The Kier molecular flexibility index (Phi) is 5.91. The number of fused-ring (bicyclic) bond motifs is 1. The van der Waals surface area contributed by atoms with E-state index >= 15 is 0 Å². The number of Topliss-reactive ketones (excluding diaryl/α,β-unsaturated/α-hetero) is 1. The molecule has 6 nitrogen and oxygen atoms in total. The van der Waals surface area contributed by atoms with Gasteiger partial charge >= 0.3 is 0 Å². The number of nitrogens with two attached hydrogens (primary N) is 1. The van der Waals surface area contributed by atoms with E-state index in [2.05, 4.69) is 29.2 Å². The van der Waals surface area contributed by atoms with Gasteiger partial charge < -0.3 is 15.1 Å². The topological polar surface area (TPSA) is 79.8 Å². The van der Waals surface area contributed by atoms with E-state index in [4.69, 9.17) is 10.2 Å². The minimum absolute atomic E-state index is 0.0153. The van der Waals surface area contributed by atoms with Gasteiger partial charge in [-0.1, -0.05) is 36.4 Å². The number of piperazine rings is 1. The molecule has 2 heterocycles. The number of carbonyl (C=O) groups excluding carboxylic acids is 2. The van der Waals surface area contributed by atoms with Gasteiger partial charge in [0.25, 0.3) is 0 Å². The SMILES string of the molecule is CC(=O)c1oc2ccc(C(C)=CC(=O)N3CCN(Cc4ccccc4)CC3)cc2c1N. The van der Waals surface area contributed by atoms with Crippen LogP contribution in [0, 0.1) is 0 Å². The molecule has 160 valence electrons. The highest BCUT2D eigenvalue weighted by Crippen LogP contribution is 2.31. The number of ketones is 1. The quantitative estimate of drug-likeness (QED) is 0.502. The third-order valence-electron chi connectivity index (χ3n) is 5.77. The molecule has 2 N–H and O–H groups in total. The van der Waals surface area contributed by atoms with Crippen molar-refractivity contribution in [1.29, 1.82) is 0 Å². The first-order chi connectivity index (χ1) is 14.9. The number of nitrogens with zero attached hydrogens (tertiary/aromatic N) is 2. The average molecular weight is 418 g/mol. The lowest BCUT2D eigenvalue weighted by atomic mass is 10.0. The summed E-state index contributed by atoms with van der Waals surface area (Å²) in [6, 6.07) is 15.9. The van der Waals surface area contributed by atoms with E-state index in [0.717, 1.165) is 30.8 Å². The predicted octanol–water partition coefficient (Wildman–Crippen LogP) is 3.97. The zero-order chi connectivity index (χ0) is 22.0. The van der Waals surface area contributed by atoms with Crippen molar-refractivity contribution in [2.24, 2.45) is 0 Å². The number of furan rings is 1. The Labute approximate surface area is 181 Å². The van der Waals surface area contributed by atoms with Crippen LogP contribution in [0.2, 0.25) is 0 Å². The molecule has 6 heteroatoms. The van der Waals surface area contributed by atoms with Crippen molar-refractivity contribution in [3.63, 3.8) is 0 Å². The molecule has 0 aliphatic carbocycles. The van der Waals surface area contributed by atoms with Crippen molar-refractivity contribution in [3.05, 3.63) is 71.5 Å². The van der Waals surface area contributed by atoms with Crippen molar-refractivity contribution in [2.45, 2.75) is 20.4 Å². The maximum absolute atomic E-state index is 12.8. The van der Waals surface area contributed by atoms with Crippen LogP contribution in [0.3, 0.4) is 0 Å². The highest BCUT2D eigenvalue weighted by Gasteiger charge is 2.20. The Morgan fingerprint density at radius 1 is 1.03 bits per heavy atom. The third kappa shape index (κ3) is 4.54. The van der Waals surface area contributed by atoms with Gasteiger partial charge in [0.05, 0.1) is 5.69 Å². The minimum atomic E-state index is -0.205. The van der Waals surface area contributed by atoms with E-state index in [1.165, 1.54) is 12.5 Å². The first-order valence-corrected chi connectivity index (χ1v) is 10.5. The van der Waals surface area contributed by atoms with Crippen LogP contribution in [-0.4, -0.2) is 47.7 Å². The lowest BCUT2D eigenvalue weighted by molar-refractivity contribution is -0.127. The second kappa shape index (κ2) is 8.78. The lowest BCUT2D eigenvalue weighted by Gasteiger charge is -2.34. The van der Waals surface area contributed by atoms with Crippen LogP contribution < -0.4 is 5.73 Å². The molecular formula is C25H27N3O3. The first kappa shape index (κ1) is 20.9. The van der Waals surface area contributed by atoms with Crippen molar-refractivity contribution < 1.29 is 14.0 Å². The van der Waals surface area contributed by atoms with E-state index in [-0.39, 0.29) is 17.5 Å². The Balaban J connectivity index is 1.42. The number of benzene rings is 2. The van der Waals surface area contributed by atoms with Gasteiger partial charge in [-0.05, 0) is 35.8 Å². The number of anilines is 1. The molecule has 1 aliphatic heterocycles. The fourth-order valence-corrected chi connectivity index (χ4v) is 3.95. The lowest BCUT2D eigenvalue weighted by Crippen LogP contribution is -2.47. The fourth-order valence-electron chi connectivity index (χ4n) is 3.95. The van der Waals surface area contributed by atoms with Gasteiger partial charge in [0.15, 0.2) is 11.5 Å². The largest absolute Gasteiger partial charge is 0.451 e. The van der Waals surface area contributed by atoms with Crippen LogP contribution in [0.15, 0.2) is 59.0 Å². The van der Waals surface area contributed by atoms with Gasteiger partial charge in [-0.15, -0.1) is 0 Å². The summed E-state index contributed by atoms with van der Waals surface area (Å²) in [5.41, 5.74) is 10.0. The normalized spacial score (nSPS) is 15.4. The Hall–Kier alpha value is -3.38. The Morgan fingerprint density at radius 3 is 2.42 bits per heavy atom. The van der Waals surface area contributed by atoms with Crippen LogP contribution in [-0.2, 0) is 11.3 Å². The van der Waals surface area contributed by atoms with E-state index in [1.807, 2.05) is 30.0 Å². The van der Waals surface area contributed by atoms with Crippen LogP contribution in [0.4, 0.5) is 5.69 Å². The molecule has 3 aromatic rings. The highest BCUT2D eigenvalue weighted by atomic mass is 16.3. The number of amides is 1. The third-order valence-corrected chi connectivity index (χ3v) is 5.77. The van der Waals surface area contributed by atoms with Crippen molar-refractivity contribution in [2.75, 3.05) is 31.9 Å². The zero-order valence-electron chi connectivity index (χ0n) is 17.9. The smallest absolute Gasteiger partial charge is 0.246 e. The summed E-state index contributed by atoms with van der Waals surface area (Å²) in [5, 5.41) is 0.692. The highest BCUT2D eigenvalue weighted by molar-refractivity contribution is 6.06. The Morgan fingerprint density at radius 2 is 1.74 bits per heavy atom. The van der Waals surface area contributed by atoms with Crippen molar-refractivity contribution in [3.8, 4) is 0 Å². The molecule has 31 heavy (non-hydrogen) atoms. The monoisotopic (exact) mass is 417 g/mol. The van der Waals surface area contributed by atoms with Gasteiger partial charge in [0.2, 0.25) is 5.91 Å². The molecule has 0 unspecified atom stereocenters. The molecule has 0 radical (unpaired) electrons. The maximum atomic E-state index is 12.8. The number of rotatable bonds is 5. The first-order valence-electron chi connectivity index (χ1n) is 10.5. The summed E-state index contributed by atoms with van der Waals surface area (Å²) in [5.74, 6) is -0.0103. The summed E-state index contributed by atoms with van der Waals surface area (Å²) < 4.78 is 5.55. The van der Waals surface area contributed by atoms with Crippen molar-refractivity contribution >= 4 is 33.9 Å². The van der Waals surface area contributed by atoms with Crippen LogP contribution >= 0.6 is 0 Å². The summed E-state index contributed by atoms with van der Waals surface area (Å²) in [7, 11) is 0. The molecular weight excluding hydrogens is 390 g/mol. The number of hydrogen-bond donors (Lipinski definition) is 1. The van der Waals surface area contributed by atoms with Gasteiger partial charge in [0, 0.05) is 51.1 Å². The molecule has 1 aliphatic rings. The van der Waals surface area contributed by atoms with E-state index in [9.17, 15) is 9.59 Å². The second-order valence-electron chi connectivity index (χ2n) is 8.03. The molecule has 0 saturated carbocycles. The summed E-state index contributed by atoms with van der Waals surface area (Å²) in [4.78, 5) is 28.7. The second-order valence-corrected chi connectivity index (χ2v) is 8.03. The van der Waals surface area contributed by atoms with Crippen LogP contribution in [0.5, 0.6) is 0 Å². The van der Waals surface area contributed by atoms with Crippen LogP contribution in [0.25, 0.3) is 16.5 Å². The number of hydrogen-bond acceptors (Lipinski definition) is 5. The van der Waals surface area contributed by atoms with Gasteiger partial charge in [0.1, 0.15) is 5.58 Å². The van der Waals surface area contributed by atoms with Gasteiger partial charge in [-0.25, -0.2) is 0 Å². The number of nitrogen functional groups attached to an aromatic ring is 1. The summed E-state index contributed by atoms with van der Waals surface area (Å²) in [6.45, 7) is 7.39. The molecule has 0 bridgehead atoms. The summed E-state index contributed by atoms with van der Waals surface area (Å²) >= 11 is 0. The van der Waals surface area contributed by atoms with E-state index in [1.54, 1.807) is 12.1 Å². The molecule has 4 rings (SSSR count). The fraction of sp³-hybridized carbons (Fsp3) is 0.280. The molecule has 0 atom stereocenters. The molecule has 0 spiro atoms. The van der Waals surface area contributed by atoms with Gasteiger partial charge in [-0.3, -0.25) is 14.5 Å². The van der Waals surface area contributed by atoms with E-state index < -0.39 is 0 Å². The maximum Gasteiger partial charge on any atom is 0.246 e. The number of allylic oxidation sites excluding steroid dienone is 1. The minimum Gasteiger partial charge on any atom is -0.451 e. The summed E-state index contributed by atoms with van der Waals surface area (Å²) in [6.07, 6.45) is 1.68. The molecule has 1 amide bonds. The van der Waals surface area contributed by atoms with Gasteiger partial charge in [-0.2, -0.15) is 0 Å². The molecule has 1 saturated heterocycles. The number of carbonyl (C=O) groups is 2. The molecule has 2 aromatic carbocycles. The zero-order valence-corrected chi connectivity index (χ0v) is 17.9. The predicted molar refractivity (Wildman–Crippen MR) is 123 cm³/mol. The standard InChI is InChI=1S/C25H27N3O3/c1-17(20-8-9-22-21(15-20)24(26)25(31-22)18(2)29)14-23(30)28-12-10-27(11-13-28)16-19-6-4-3-5-7-19/h3-9,14-15H,10-13,16,26H2,1-2H3. The van der Waals surface area contributed by atoms with E-state index in [0.29, 0.717) is 29.7 Å². The molecule has 1 fully saturated rings.